The van der Waals surface area contributed by atoms with Crippen molar-refractivity contribution >= 4 is 10.9 Å². The first kappa shape index (κ1) is 8.74. The van der Waals surface area contributed by atoms with Crippen LogP contribution in [0.3, 0.4) is 0 Å². The molecule has 4 heteroatoms. The van der Waals surface area contributed by atoms with Crippen LogP contribution in [0.2, 0.25) is 0 Å². The molecule has 14 heavy (non-hydrogen) atoms. The van der Waals surface area contributed by atoms with Crippen molar-refractivity contribution in [1.82, 2.24) is 4.73 Å². The number of fused-ring (bicyclic) bond motifs is 1. The summed E-state index contributed by atoms with van der Waals surface area (Å²) in [5.74, 6) is 0.835. The van der Waals surface area contributed by atoms with Gasteiger partial charge in [-0.15, -0.1) is 4.73 Å². The van der Waals surface area contributed by atoms with E-state index >= 15 is 0 Å². The second-order valence-electron chi connectivity index (χ2n) is 2.90. The molecule has 0 atom stereocenters. The van der Waals surface area contributed by atoms with Gasteiger partial charge in [0.15, 0.2) is 0 Å². The molecule has 0 saturated carbocycles. The van der Waals surface area contributed by atoms with Crippen LogP contribution in [0.5, 0.6) is 11.6 Å². The summed E-state index contributed by atoms with van der Waals surface area (Å²) in [6.45, 7) is 0. The molecule has 0 amide bonds. The van der Waals surface area contributed by atoms with Crippen molar-refractivity contribution in [2.24, 2.45) is 0 Å². The molecule has 2 rings (SSSR count). The van der Waals surface area contributed by atoms with Crippen molar-refractivity contribution in [3.63, 3.8) is 0 Å². The lowest BCUT2D eigenvalue weighted by atomic mass is 10.2. The Hall–Kier alpha value is -1.84. The van der Waals surface area contributed by atoms with Crippen molar-refractivity contribution in [3.05, 3.63) is 24.3 Å². The lowest BCUT2D eigenvalue weighted by molar-refractivity contribution is 0.152. The summed E-state index contributed by atoms with van der Waals surface area (Å²) >= 11 is 0. The van der Waals surface area contributed by atoms with E-state index in [9.17, 15) is 5.11 Å². The van der Waals surface area contributed by atoms with Gasteiger partial charge in [0.1, 0.15) is 12.9 Å². The van der Waals surface area contributed by atoms with Crippen LogP contribution < -0.4 is 9.57 Å². The van der Waals surface area contributed by atoms with Gasteiger partial charge in [0.05, 0.1) is 12.6 Å². The first-order valence-corrected chi connectivity index (χ1v) is 4.19. The van der Waals surface area contributed by atoms with Crippen molar-refractivity contribution in [3.8, 4) is 11.6 Å². The maximum Gasteiger partial charge on any atom is 0.226 e. The number of rotatable bonds is 2. The normalized spacial score (nSPS) is 10.4. The Morgan fingerprint density at radius 1 is 1.21 bits per heavy atom. The number of nitrogens with zero attached hydrogens (tertiary/aromatic N) is 1. The molecule has 0 fully saturated rings. The van der Waals surface area contributed by atoms with Gasteiger partial charge in [0.2, 0.25) is 5.88 Å². The van der Waals surface area contributed by atoms with Crippen molar-refractivity contribution in [2.75, 3.05) is 14.2 Å². The highest BCUT2D eigenvalue weighted by molar-refractivity contribution is 5.83. The summed E-state index contributed by atoms with van der Waals surface area (Å²) < 4.78 is 6.43. The molecule has 0 aliphatic heterocycles. The maximum atomic E-state index is 9.50. The third-order valence-electron chi connectivity index (χ3n) is 2.13. The minimum absolute atomic E-state index is 0.0794. The summed E-state index contributed by atoms with van der Waals surface area (Å²) in [5.41, 5.74) is 0.811. The van der Waals surface area contributed by atoms with Crippen molar-refractivity contribution in [1.29, 1.82) is 0 Å². The van der Waals surface area contributed by atoms with Crippen LogP contribution in [0.4, 0.5) is 0 Å². The fourth-order valence-electron chi connectivity index (χ4n) is 1.47. The zero-order valence-corrected chi connectivity index (χ0v) is 8.02. The summed E-state index contributed by atoms with van der Waals surface area (Å²) in [6, 6.07) is 7.11. The zero-order valence-electron chi connectivity index (χ0n) is 8.02. The number of benzene rings is 1. The van der Waals surface area contributed by atoms with Gasteiger partial charge in [0, 0.05) is 11.5 Å². The molecule has 0 aliphatic rings. The van der Waals surface area contributed by atoms with Crippen molar-refractivity contribution in [2.45, 2.75) is 0 Å². The highest BCUT2D eigenvalue weighted by atomic mass is 16.7. The molecule has 2 aromatic rings. The summed E-state index contributed by atoms with van der Waals surface area (Å²) in [5, 5.41) is 10.4. The molecule has 0 radical (unpaired) electrons. The zero-order chi connectivity index (χ0) is 10.1. The van der Waals surface area contributed by atoms with Crippen LogP contribution >= 0.6 is 0 Å². The lowest BCUT2D eigenvalue weighted by Crippen LogP contribution is -2.03. The fraction of sp³-hybridized carbons (Fsp3) is 0.200. The molecular weight excluding hydrogens is 182 g/mol. The van der Waals surface area contributed by atoms with E-state index in [1.165, 1.54) is 11.8 Å². The number of ether oxygens (including phenoxy) is 1. The summed E-state index contributed by atoms with van der Waals surface area (Å²) in [7, 11) is 3.11. The van der Waals surface area contributed by atoms with Crippen LogP contribution in [-0.2, 0) is 0 Å². The third kappa shape index (κ3) is 1.16. The van der Waals surface area contributed by atoms with E-state index in [1.807, 2.05) is 18.2 Å². The Labute approximate surface area is 81.2 Å². The molecule has 0 saturated heterocycles. The molecule has 1 aromatic carbocycles. The van der Waals surface area contributed by atoms with Crippen LogP contribution in [0.25, 0.3) is 10.9 Å². The minimum Gasteiger partial charge on any atom is -0.497 e. The van der Waals surface area contributed by atoms with Gasteiger partial charge in [-0.2, -0.15) is 0 Å². The highest BCUT2D eigenvalue weighted by Crippen LogP contribution is 2.26. The van der Waals surface area contributed by atoms with Gasteiger partial charge < -0.3 is 14.7 Å². The van der Waals surface area contributed by atoms with E-state index < -0.39 is 0 Å². The van der Waals surface area contributed by atoms with Gasteiger partial charge >= 0.3 is 0 Å². The fourth-order valence-corrected chi connectivity index (χ4v) is 1.47. The quantitative estimate of drug-likeness (QED) is 0.784. The minimum atomic E-state index is 0.0794. The van der Waals surface area contributed by atoms with Gasteiger partial charge in [-0.1, -0.05) is 0 Å². The van der Waals surface area contributed by atoms with Crippen molar-refractivity contribution < 1.29 is 14.7 Å². The second-order valence-corrected chi connectivity index (χ2v) is 2.90. The molecule has 0 unspecified atom stereocenters. The Morgan fingerprint density at radius 2 is 2.00 bits per heavy atom. The Balaban J connectivity index is 2.68. The lowest BCUT2D eigenvalue weighted by Gasteiger charge is -2.03. The maximum absolute atomic E-state index is 9.50. The second kappa shape index (κ2) is 3.14. The molecule has 4 nitrogen and oxygen atoms in total. The molecule has 0 aliphatic carbocycles. The molecule has 1 N–H and O–H groups in total. The van der Waals surface area contributed by atoms with Gasteiger partial charge in [0.25, 0.3) is 0 Å². The average Bonchev–Trinajstić information content (AvgIpc) is 2.51. The first-order chi connectivity index (χ1) is 6.76. The van der Waals surface area contributed by atoms with Crippen LogP contribution in [-0.4, -0.2) is 24.1 Å². The average molecular weight is 193 g/mol. The molecular formula is C10H11NO3. The monoisotopic (exact) mass is 193 g/mol. The molecule has 0 bridgehead atoms. The molecule has 74 valence electrons. The summed E-state index contributed by atoms with van der Waals surface area (Å²) in [6.07, 6.45) is 0. The highest BCUT2D eigenvalue weighted by Gasteiger charge is 2.07. The third-order valence-corrected chi connectivity index (χ3v) is 2.13. The van der Waals surface area contributed by atoms with E-state index in [4.69, 9.17) is 9.57 Å². The SMILES string of the molecule is COc1ccc2c(c1)cc(O)n2OC. The van der Waals surface area contributed by atoms with Gasteiger partial charge in [-0.05, 0) is 18.2 Å². The number of hydrogen-bond donors (Lipinski definition) is 1. The van der Waals surface area contributed by atoms with E-state index in [-0.39, 0.29) is 5.88 Å². The van der Waals surface area contributed by atoms with Crippen LogP contribution in [0, 0.1) is 0 Å². The standard InChI is InChI=1S/C10H11NO3/c1-13-8-3-4-9-7(5-8)6-10(12)11(9)14-2/h3-6,12H,1-2H3. The Kier molecular flexibility index (Phi) is 1.96. The van der Waals surface area contributed by atoms with E-state index in [0.29, 0.717) is 0 Å². The van der Waals surface area contributed by atoms with Gasteiger partial charge in [-0.3, -0.25) is 0 Å². The number of hydrogen-bond acceptors (Lipinski definition) is 3. The molecule has 0 spiro atoms. The van der Waals surface area contributed by atoms with Crippen LogP contribution in [0.1, 0.15) is 0 Å². The number of aromatic hydroxyl groups is 1. The first-order valence-electron chi connectivity index (χ1n) is 4.19. The predicted molar refractivity (Wildman–Crippen MR) is 52.7 cm³/mol. The van der Waals surface area contributed by atoms with Gasteiger partial charge in [-0.25, -0.2) is 0 Å². The van der Waals surface area contributed by atoms with E-state index in [2.05, 4.69) is 0 Å². The smallest absolute Gasteiger partial charge is 0.226 e. The Bertz CT molecular complexity index is 462. The van der Waals surface area contributed by atoms with E-state index in [0.717, 1.165) is 16.7 Å². The van der Waals surface area contributed by atoms with E-state index in [1.54, 1.807) is 13.2 Å². The summed E-state index contributed by atoms with van der Waals surface area (Å²) in [4.78, 5) is 5.00. The Morgan fingerprint density at radius 3 is 2.64 bits per heavy atom. The molecule has 1 heterocycles. The predicted octanol–water partition coefficient (Wildman–Crippen LogP) is 1.41. The number of methoxy groups -OCH3 is 1. The van der Waals surface area contributed by atoms with Crippen LogP contribution in [0.15, 0.2) is 24.3 Å². The largest absolute Gasteiger partial charge is 0.497 e. The molecule has 1 aromatic heterocycles. The topological polar surface area (TPSA) is 43.6 Å². The number of aromatic nitrogens is 1.